The Labute approximate surface area is 259 Å². The van der Waals surface area contributed by atoms with Crippen molar-refractivity contribution in [2.75, 3.05) is 19.0 Å². The van der Waals surface area contributed by atoms with Gasteiger partial charge in [-0.25, -0.2) is 4.57 Å². The molecule has 0 saturated heterocycles. The zero-order chi connectivity index (χ0) is 31.3. The Balaban J connectivity index is 3.91. The lowest BCUT2D eigenvalue weighted by Gasteiger charge is -2.18. The second-order valence-electron chi connectivity index (χ2n) is 11.1. The predicted octanol–water partition coefficient (Wildman–Crippen LogP) is 8.43. The highest BCUT2D eigenvalue weighted by Crippen LogP contribution is 2.36. The Kier molecular flexibility index (Phi) is 28.2. The van der Waals surface area contributed by atoms with Crippen LogP contribution in [0.5, 0.6) is 0 Å². The van der Waals surface area contributed by atoms with E-state index in [1.807, 2.05) is 0 Å². The van der Waals surface area contributed by atoms with Crippen molar-refractivity contribution in [3.05, 3.63) is 0 Å². The van der Waals surface area contributed by atoms with Gasteiger partial charge < -0.3 is 19.3 Å². The lowest BCUT2D eigenvalue weighted by atomic mass is 10.0. The SMILES string of the molecule is CCCCCCCCCCC(=O)O[C@H](COC(=O)CCCCCCCCCCCCCCSC(C)=O)COP(=O)(O)O. The van der Waals surface area contributed by atoms with E-state index < -0.39 is 32.5 Å². The maximum absolute atomic E-state index is 12.2. The number of hydrogen-bond donors (Lipinski definition) is 2. The van der Waals surface area contributed by atoms with Crippen molar-refractivity contribution < 1.29 is 42.7 Å². The molecule has 0 amide bonds. The molecule has 42 heavy (non-hydrogen) atoms. The Morgan fingerprint density at radius 3 is 1.52 bits per heavy atom. The fourth-order valence-corrected chi connectivity index (χ4v) is 5.55. The van der Waals surface area contributed by atoms with Gasteiger partial charge in [-0.05, 0) is 19.3 Å². The van der Waals surface area contributed by atoms with Crippen LogP contribution in [0.1, 0.15) is 155 Å². The Morgan fingerprint density at radius 1 is 0.643 bits per heavy atom. The molecular weight excluding hydrogens is 579 g/mol. The van der Waals surface area contributed by atoms with E-state index in [9.17, 15) is 18.9 Å². The summed E-state index contributed by atoms with van der Waals surface area (Å²) < 4.78 is 26.1. The largest absolute Gasteiger partial charge is 0.469 e. The molecule has 0 aliphatic rings. The van der Waals surface area contributed by atoms with Crippen LogP contribution in [0.4, 0.5) is 0 Å². The third-order valence-corrected chi connectivity index (χ3v) is 8.36. The van der Waals surface area contributed by atoms with E-state index in [1.165, 1.54) is 82.4 Å². The molecule has 0 heterocycles. The van der Waals surface area contributed by atoms with Gasteiger partial charge in [-0.15, -0.1) is 0 Å². The summed E-state index contributed by atoms with van der Waals surface area (Å²) in [6, 6.07) is 0. The Bertz CT molecular complexity index is 729. The first-order valence-electron chi connectivity index (χ1n) is 16.3. The minimum absolute atomic E-state index is 0.205. The molecule has 0 unspecified atom stereocenters. The number of carbonyl (C=O) groups is 3. The normalized spacial score (nSPS) is 12.3. The molecule has 0 aliphatic carbocycles. The van der Waals surface area contributed by atoms with Crippen molar-refractivity contribution in [1.82, 2.24) is 0 Å². The van der Waals surface area contributed by atoms with Crippen molar-refractivity contribution in [2.24, 2.45) is 0 Å². The molecule has 9 nitrogen and oxygen atoms in total. The van der Waals surface area contributed by atoms with E-state index in [2.05, 4.69) is 11.4 Å². The van der Waals surface area contributed by atoms with Crippen molar-refractivity contribution in [1.29, 1.82) is 0 Å². The predicted molar refractivity (Wildman–Crippen MR) is 169 cm³/mol. The van der Waals surface area contributed by atoms with Crippen LogP contribution in [0.2, 0.25) is 0 Å². The summed E-state index contributed by atoms with van der Waals surface area (Å²) in [7, 11) is -4.74. The summed E-state index contributed by atoms with van der Waals surface area (Å²) in [6.07, 6.45) is 21.8. The molecule has 0 spiro atoms. The van der Waals surface area contributed by atoms with Crippen LogP contribution in [-0.2, 0) is 32.9 Å². The van der Waals surface area contributed by atoms with Crippen LogP contribution in [0, 0.1) is 0 Å². The fraction of sp³-hybridized carbons (Fsp3) is 0.903. The quantitative estimate of drug-likeness (QED) is 0.0448. The molecule has 0 aliphatic heterocycles. The number of esters is 2. The smallest absolute Gasteiger partial charge is 0.462 e. The van der Waals surface area contributed by atoms with Crippen molar-refractivity contribution in [3.63, 3.8) is 0 Å². The second-order valence-corrected chi connectivity index (χ2v) is 13.6. The first-order valence-corrected chi connectivity index (χ1v) is 18.8. The number of ether oxygens (including phenoxy) is 2. The highest BCUT2D eigenvalue weighted by atomic mass is 32.2. The van der Waals surface area contributed by atoms with Gasteiger partial charge in [0, 0.05) is 25.5 Å². The summed E-state index contributed by atoms with van der Waals surface area (Å²) in [5, 5.41) is 0.205. The molecule has 0 bridgehead atoms. The second kappa shape index (κ2) is 28.8. The van der Waals surface area contributed by atoms with E-state index >= 15 is 0 Å². The lowest BCUT2D eigenvalue weighted by molar-refractivity contribution is -0.161. The number of rotatable bonds is 30. The highest BCUT2D eigenvalue weighted by molar-refractivity contribution is 8.13. The molecule has 1 atom stereocenters. The zero-order valence-electron chi connectivity index (χ0n) is 26.4. The molecule has 11 heteroatoms. The van der Waals surface area contributed by atoms with E-state index in [0.717, 1.165) is 50.7 Å². The highest BCUT2D eigenvalue weighted by Gasteiger charge is 2.22. The molecule has 0 saturated carbocycles. The number of thioether (sulfide) groups is 1. The van der Waals surface area contributed by atoms with E-state index in [4.69, 9.17) is 19.3 Å². The van der Waals surface area contributed by atoms with Gasteiger partial charge in [-0.3, -0.25) is 18.9 Å². The summed E-state index contributed by atoms with van der Waals surface area (Å²) >= 11 is 1.42. The maximum Gasteiger partial charge on any atom is 0.469 e. The summed E-state index contributed by atoms with van der Waals surface area (Å²) in [6.45, 7) is 2.97. The minimum Gasteiger partial charge on any atom is -0.462 e. The number of hydrogen-bond acceptors (Lipinski definition) is 8. The average Bonchev–Trinajstić information content (AvgIpc) is 2.93. The molecule has 0 rings (SSSR count). The minimum atomic E-state index is -4.74. The molecule has 0 aromatic rings. The Morgan fingerprint density at radius 2 is 1.07 bits per heavy atom. The van der Waals surface area contributed by atoms with Crippen LogP contribution in [0.3, 0.4) is 0 Å². The van der Waals surface area contributed by atoms with Gasteiger partial charge in [0.25, 0.3) is 0 Å². The fourth-order valence-electron chi connectivity index (χ4n) is 4.56. The van der Waals surface area contributed by atoms with E-state index in [-0.39, 0.29) is 24.6 Å². The van der Waals surface area contributed by atoms with Crippen molar-refractivity contribution in [2.45, 2.75) is 161 Å². The van der Waals surface area contributed by atoms with Gasteiger partial charge in [-0.2, -0.15) is 0 Å². The first-order chi connectivity index (χ1) is 20.1. The van der Waals surface area contributed by atoms with Gasteiger partial charge in [0.05, 0.1) is 6.61 Å². The monoisotopic (exact) mass is 638 g/mol. The van der Waals surface area contributed by atoms with Gasteiger partial charge in [0.2, 0.25) is 0 Å². The van der Waals surface area contributed by atoms with Crippen LogP contribution < -0.4 is 0 Å². The number of phosphoric ester groups is 1. The number of carbonyl (C=O) groups excluding carboxylic acids is 3. The van der Waals surface area contributed by atoms with Crippen LogP contribution in [-0.4, -0.2) is 51.9 Å². The lowest BCUT2D eigenvalue weighted by Crippen LogP contribution is -2.29. The topological polar surface area (TPSA) is 136 Å². The van der Waals surface area contributed by atoms with E-state index in [1.54, 1.807) is 6.92 Å². The third kappa shape index (κ3) is 32.0. The Hall–Kier alpha value is -0.930. The van der Waals surface area contributed by atoms with E-state index in [0.29, 0.717) is 12.8 Å². The molecular formula is C31H59O9PS. The van der Waals surface area contributed by atoms with Crippen molar-refractivity contribution in [3.8, 4) is 0 Å². The molecule has 2 N–H and O–H groups in total. The standard InChI is InChI=1S/C31H59O9PS/c1-3-4-5-6-7-14-18-21-24-31(34)40-29(27-39-41(35,36)37)26-38-30(33)23-20-17-15-12-10-8-9-11-13-16-19-22-25-42-28(2)32/h29H,3-27H2,1-2H3,(H2,35,36,37)/t29-/m1/s1. The van der Waals surface area contributed by atoms with Crippen LogP contribution >= 0.6 is 19.6 Å². The molecule has 0 radical (unpaired) electrons. The maximum atomic E-state index is 12.2. The zero-order valence-corrected chi connectivity index (χ0v) is 28.1. The number of phosphoric acid groups is 1. The van der Waals surface area contributed by atoms with Crippen LogP contribution in [0.25, 0.3) is 0 Å². The summed E-state index contributed by atoms with van der Waals surface area (Å²) in [5.74, 6) is 0.0309. The van der Waals surface area contributed by atoms with Crippen molar-refractivity contribution >= 4 is 36.6 Å². The van der Waals surface area contributed by atoms with Gasteiger partial charge in [-0.1, -0.05) is 128 Å². The molecule has 0 aromatic heterocycles. The summed E-state index contributed by atoms with van der Waals surface area (Å²) in [4.78, 5) is 53.2. The van der Waals surface area contributed by atoms with Crippen LogP contribution in [0.15, 0.2) is 0 Å². The summed E-state index contributed by atoms with van der Waals surface area (Å²) in [5.41, 5.74) is 0. The van der Waals surface area contributed by atoms with Gasteiger partial charge >= 0.3 is 19.8 Å². The molecule has 248 valence electrons. The average molecular weight is 639 g/mol. The first kappa shape index (κ1) is 41.1. The molecule has 0 aromatic carbocycles. The molecule has 0 fully saturated rings. The van der Waals surface area contributed by atoms with Gasteiger partial charge in [0.15, 0.2) is 11.2 Å². The third-order valence-electron chi connectivity index (χ3n) is 6.97. The number of unbranched alkanes of at least 4 members (excludes halogenated alkanes) is 18. The van der Waals surface area contributed by atoms with Gasteiger partial charge in [0.1, 0.15) is 6.61 Å².